The van der Waals surface area contributed by atoms with Crippen molar-refractivity contribution in [1.82, 2.24) is 0 Å². The Bertz CT molecular complexity index is 501. The molecule has 17 heavy (non-hydrogen) atoms. The highest BCUT2D eigenvalue weighted by Crippen LogP contribution is 2.28. The molecule has 94 valence electrons. The van der Waals surface area contributed by atoms with Crippen LogP contribution in [0.1, 0.15) is 24.8 Å². The average molecular weight is 274 g/mol. The average Bonchev–Trinajstić information content (AvgIpc) is 2.69. The summed E-state index contributed by atoms with van der Waals surface area (Å²) in [6.45, 7) is 0. The van der Waals surface area contributed by atoms with Gasteiger partial charge in [0.05, 0.1) is 11.0 Å². The van der Waals surface area contributed by atoms with Gasteiger partial charge in [-0.05, 0) is 30.9 Å². The SMILES string of the molecule is NC1CCC(S(=O)(=O)Cc2ccccc2Cl)C1. The van der Waals surface area contributed by atoms with Gasteiger partial charge in [-0.2, -0.15) is 0 Å². The van der Waals surface area contributed by atoms with Crippen LogP contribution in [0.3, 0.4) is 0 Å². The summed E-state index contributed by atoms with van der Waals surface area (Å²) in [7, 11) is -3.13. The highest BCUT2D eigenvalue weighted by Gasteiger charge is 2.32. The first kappa shape index (κ1) is 12.9. The highest BCUT2D eigenvalue weighted by atomic mass is 35.5. The van der Waals surface area contributed by atoms with Crippen molar-refractivity contribution in [2.45, 2.75) is 36.3 Å². The van der Waals surface area contributed by atoms with Crippen molar-refractivity contribution >= 4 is 21.4 Å². The third kappa shape index (κ3) is 3.00. The van der Waals surface area contributed by atoms with Gasteiger partial charge in [-0.3, -0.25) is 0 Å². The molecule has 0 spiro atoms. The monoisotopic (exact) mass is 273 g/mol. The second-order valence-corrected chi connectivity index (χ2v) is 7.28. The zero-order valence-corrected chi connectivity index (χ0v) is 11.0. The number of rotatable bonds is 3. The second-order valence-electron chi connectivity index (χ2n) is 4.59. The molecule has 2 unspecified atom stereocenters. The molecule has 1 aromatic rings. The summed E-state index contributed by atoms with van der Waals surface area (Å²) in [6.07, 6.45) is 2.05. The topological polar surface area (TPSA) is 60.2 Å². The molecular formula is C12H16ClNO2S. The molecule has 0 amide bonds. The maximum Gasteiger partial charge on any atom is 0.157 e. The minimum absolute atomic E-state index is 0.0179. The van der Waals surface area contributed by atoms with E-state index in [-0.39, 0.29) is 17.0 Å². The fraction of sp³-hybridized carbons (Fsp3) is 0.500. The fourth-order valence-corrected chi connectivity index (χ4v) is 4.49. The third-order valence-corrected chi connectivity index (χ3v) is 5.77. The molecule has 0 bridgehead atoms. The molecule has 1 aromatic carbocycles. The lowest BCUT2D eigenvalue weighted by molar-refractivity contribution is 0.577. The maximum absolute atomic E-state index is 12.2. The van der Waals surface area contributed by atoms with E-state index in [9.17, 15) is 8.42 Å². The van der Waals surface area contributed by atoms with Crippen LogP contribution in [0, 0.1) is 0 Å². The highest BCUT2D eigenvalue weighted by molar-refractivity contribution is 7.91. The molecule has 5 heteroatoms. The van der Waals surface area contributed by atoms with Gasteiger partial charge in [-0.25, -0.2) is 8.42 Å². The molecule has 1 saturated carbocycles. The van der Waals surface area contributed by atoms with Crippen LogP contribution in [0.5, 0.6) is 0 Å². The van der Waals surface area contributed by atoms with E-state index in [0.29, 0.717) is 23.4 Å². The van der Waals surface area contributed by atoms with E-state index >= 15 is 0 Å². The van der Waals surface area contributed by atoms with E-state index in [0.717, 1.165) is 6.42 Å². The van der Waals surface area contributed by atoms with Gasteiger partial charge in [0.15, 0.2) is 9.84 Å². The number of sulfone groups is 1. The van der Waals surface area contributed by atoms with Crippen molar-refractivity contribution in [2.24, 2.45) is 5.73 Å². The molecule has 0 radical (unpaired) electrons. The quantitative estimate of drug-likeness (QED) is 0.918. The van der Waals surface area contributed by atoms with Crippen LogP contribution in [-0.4, -0.2) is 19.7 Å². The van der Waals surface area contributed by atoms with Crippen molar-refractivity contribution in [2.75, 3.05) is 0 Å². The van der Waals surface area contributed by atoms with Gasteiger partial charge in [0.25, 0.3) is 0 Å². The summed E-state index contributed by atoms with van der Waals surface area (Å²) in [5, 5.41) is 0.215. The zero-order valence-electron chi connectivity index (χ0n) is 9.47. The third-order valence-electron chi connectivity index (χ3n) is 3.25. The van der Waals surface area contributed by atoms with Gasteiger partial charge in [0.2, 0.25) is 0 Å². The Morgan fingerprint density at radius 2 is 2.00 bits per heavy atom. The minimum atomic E-state index is -3.13. The molecular weight excluding hydrogens is 258 g/mol. The van der Waals surface area contributed by atoms with Crippen molar-refractivity contribution in [3.8, 4) is 0 Å². The first-order valence-corrected chi connectivity index (χ1v) is 7.79. The zero-order chi connectivity index (χ0) is 12.5. The Hall–Kier alpha value is -0.580. The smallest absolute Gasteiger partial charge is 0.157 e. The Balaban J connectivity index is 2.15. The second kappa shape index (κ2) is 4.96. The van der Waals surface area contributed by atoms with Crippen LogP contribution < -0.4 is 5.73 Å². The summed E-state index contributed by atoms with van der Waals surface area (Å²) in [5.41, 5.74) is 6.43. The number of halogens is 1. The number of hydrogen-bond donors (Lipinski definition) is 1. The van der Waals surface area contributed by atoms with Crippen LogP contribution in [-0.2, 0) is 15.6 Å². The van der Waals surface area contributed by atoms with E-state index in [1.54, 1.807) is 24.3 Å². The first-order valence-electron chi connectivity index (χ1n) is 5.69. The van der Waals surface area contributed by atoms with Gasteiger partial charge in [-0.15, -0.1) is 0 Å². The molecule has 2 atom stereocenters. The van der Waals surface area contributed by atoms with E-state index in [1.165, 1.54) is 0 Å². The van der Waals surface area contributed by atoms with Gasteiger partial charge < -0.3 is 5.73 Å². The summed E-state index contributed by atoms with van der Waals surface area (Å²) < 4.78 is 24.4. The lowest BCUT2D eigenvalue weighted by Crippen LogP contribution is -2.23. The normalized spacial score (nSPS) is 25.1. The first-order chi connectivity index (χ1) is 7.99. The predicted molar refractivity (Wildman–Crippen MR) is 69.7 cm³/mol. The number of nitrogens with two attached hydrogens (primary N) is 1. The van der Waals surface area contributed by atoms with Gasteiger partial charge in [-0.1, -0.05) is 29.8 Å². The molecule has 1 aliphatic rings. The molecule has 0 aliphatic heterocycles. The lowest BCUT2D eigenvalue weighted by atomic mass is 10.2. The van der Waals surface area contributed by atoms with E-state index in [1.807, 2.05) is 0 Å². The van der Waals surface area contributed by atoms with Crippen LogP contribution in [0.2, 0.25) is 5.02 Å². The standard InChI is InChI=1S/C12H16ClNO2S/c13-12-4-2-1-3-9(12)8-17(15,16)11-6-5-10(14)7-11/h1-4,10-11H,5-8,14H2. The summed E-state index contributed by atoms with van der Waals surface area (Å²) in [5.74, 6) is 0.0179. The molecule has 1 aliphatic carbocycles. The van der Waals surface area contributed by atoms with Gasteiger partial charge in [0.1, 0.15) is 0 Å². The largest absolute Gasteiger partial charge is 0.328 e. The summed E-state index contributed by atoms with van der Waals surface area (Å²) >= 11 is 5.98. The van der Waals surface area contributed by atoms with Crippen LogP contribution in [0.25, 0.3) is 0 Å². The van der Waals surface area contributed by atoms with E-state index < -0.39 is 9.84 Å². The molecule has 1 fully saturated rings. The summed E-state index contributed by atoms with van der Waals surface area (Å²) in [6, 6.07) is 7.10. The number of benzene rings is 1. The molecule has 3 nitrogen and oxygen atoms in total. The maximum atomic E-state index is 12.2. The van der Waals surface area contributed by atoms with Crippen molar-refractivity contribution in [1.29, 1.82) is 0 Å². The van der Waals surface area contributed by atoms with E-state index in [4.69, 9.17) is 17.3 Å². The molecule has 2 rings (SSSR count). The molecule has 2 N–H and O–H groups in total. The van der Waals surface area contributed by atoms with E-state index in [2.05, 4.69) is 0 Å². The van der Waals surface area contributed by atoms with Crippen molar-refractivity contribution < 1.29 is 8.42 Å². The minimum Gasteiger partial charge on any atom is -0.328 e. The Kier molecular flexibility index (Phi) is 3.76. The van der Waals surface area contributed by atoms with Gasteiger partial charge in [0, 0.05) is 11.1 Å². The lowest BCUT2D eigenvalue weighted by Gasteiger charge is -2.12. The Morgan fingerprint density at radius 3 is 2.59 bits per heavy atom. The van der Waals surface area contributed by atoms with Crippen LogP contribution in [0.15, 0.2) is 24.3 Å². The van der Waals surface area contributed by atoms with Crippen LogP contribution in [0.4, 0.5) is 0 Å². The summed E-state index contributed by atoms with van der Waals surface area (Å²) in [4.78, 5) is 0. The fourth-order valence-electron chi connectivity index (χ4n) is 2.25. The van der Waals surface area contributed by atoms with Gasteiger partial charge >= 0.3 is 0 Å². The predicted octanol–water partition coefficient (Wildman–Crippen LogP) is 2.13. The van der Waals surface area contributed by atoms with Crippen LogP contribution >= 0.6 is 11.6 Å². The molecule has 0 heterocycles. The Morgan fingerprint density at radius 1 is 1.29 bits per heavy atom. The molecule has 0 aromatic heterocycles. The van der Waals surface area contributed by atoms with Crippen molar-refractivity contribution in [3.05, 3.63) is 34.9 Å². The number of hydrogen-bond acceptors (Lipinski definition) is 3. The van der Waals surface area contributed by atoms with Crippen molar-refractivity contribution in [3.63, 3.8) is 0 Å². The molecule has 0 saturated heterocycles. The Labute approximate surface area is 107 Å².